The van der Waals surface area contributed by atoms with Crippen LogP contribution in [0.2, 0.25) is 0 Å². The largest absolute Gasteiger partial charge is 0.462 e. The second-order valence-corrected chi connectivity index (χ2v) is 5.12. The van der Waals surface area contributed by atoms with Gasteiger partial charge in [-0.05, 0) is 24.7 Å². The van der Waals surface area contributed by atoms with Crippen LogP contribution in [-0.2, 0) is 19.1 Å². The monoisotopic (exact) mass is 270 g/mol. The lowest BCUT2D eigenvalue weighted by molar-refractivity contribution is -0.156. The van der Waals surface area contributed by atoms with Crippen molar-refractivity contribution in [3.8, 4) is 0 Å². The topological polar surface area (TPSA) is 52.6 Å². The Labute approximate surface area is 116 Å². The van der Waals surface area contributed by atoms with Gasteiger partial charge in [0.25, 0.3) is 0 Å². The van der Waals surface area contributed by atoms with E-state index in [4.69, 9.17) is 9.47 Å². The molecule has 19 heavy (non-hydrogen) atoms. The average Bonchev–Trinajstić information content (AvgIpc) is 2.31. The number of hydrogen-bond acceptors (Lipinski definition) is 4. The van der Waals surface area contributed by atoms with Crippen LogP contribution in [0, 0.1) is 11.8 Å². The highest BCUT2D eigenvalue weighted by molar-refractivity contribution is 5.71. The van der Waals surface area contributed by atoms with E-state index in [0.29, 0.717) is 5.92 Å². The minimum atomic E-state index is -0.401. The van der Waals surface area contributed by atoms with Gasteiger partial charge in [-0.1, -0.05) is 33.4 Å². The summed E-state index contributed by atoms with van der Waals surface area (Å²) >= 11 is 0. The fourth-order valence-electron chi connectivity index (χ4n) is 2.08. The molecule has 0 aliphatic rings. The first kappa shape index (κ1) is 17.7. The number of esters is 2. The molecular formula is C15H26O4. The van der Waals surface area contributed by atoms with Crippen LogP contribution in [0.4, 0.5) is 0 Å². The van der Waals surface area contributed by atoms with Gasteiger partial charge in [-0.25, -0.2) is 0 Å². The lowest BCUT2D eigenvalue weighted by Crippen LogP contribution is -2.30. The smallest absolute Gasteiger partial charge is 0.309 e. The number of carbonyl (C=O) groups is 2. The maximum Gasteiger partial charge on any atom is 0.309 e. The van der Waals surface area contributed by atoms with Gasteiger partial charge >= 0.3 is 11.9 Å². The van der Waals surface area contributed by atoms with Crippen LogP contribution in [0.15, 0.2) is 12.7 Å². The highest BCUT2D eigenvalue weighted by Gasteiger charge is 2.26. The zero-order chi connectivity index (χ0) is 14.8. The van der Waals surface area contributed by atoms with Gasteiger partial charge in [0.1, 0.15) is 12.7 Å². The van der Waals surface area contributed by atoms with Gasteiger partial charge in [-0.15, -0.1) is 0 Å². The summed E-state index contributed by atoms with van der Waals surface area (Å²) in [6.07, 6.45) is 3.01. The highest BCUT2D eigenvalue weighted by atomic mass is 16.6. The zero-order valence-electron chi connectivity index (χ0n) is 12.5. The molecule has 0 amide bonds. The van der Waals surface area contributed by atoms with Crippen LogP contribution in [0.1, 0.15) is 47.0 Å². The lowest BCUT2D eigenvalue weighted by atomic mass is 9.88. The van der Waals surface area contributed by atoms with Crippen molar-refractivity contribution in [1.82, 2.24) is 0 Å². The molecule has 0 aromatic heterocycles. The lowest BCUT2D eigenvalue weighted by Gasteiger charge is -2.26. The Morgan fingerprint density at radius 1 is 1.32 bits per heavy atom. The van der Waals surface area contributed by atoms with Crippen LogP contribution >= 0.6 is 0 Å². The normalized spacial score (nSPS) is 13.7. The summed E-state index contributed by atoms with van der Waals surface area (Å²) in [5.74, 6) is -0.0375. The second-order valence-electron chi connectivity index (χ2n) is 5.12. The predicted molar refractivity (Wildman–Crippen MR) is 74.6 cm³/mol. The number of carbonyl (C=O) groups excluding carboxylic acids is 2. The molecule has 0 aromatic rings. The van der Waals surface area contributed by atoms with Crippen molar-refractivity contribution >= 4 is 11.9 Å². The molecule has 0 fully saturated rings. The molecule has 0 spiro atoms. The summed E-state index contributed by atoms with van der Waals surface area (Å²) in [5.41, 5.74) is 0. The van der Waals surface area contributed by atoms with Gasteiger partial charge < -0.3 is 9.47 Å². The Kier molecular flexibility index (Phi) is 8.92. The third kappa shape index (κ3) is 8.41. The molecule has 0 radical (unpaired) electrons. The van der Waals surface area contributed by atoms with E-state index in [1.807, 2.05) is 6.92 Å². The molecule has 4 nitrogen and oxygen atoms in total. The Bertz CT molecular complexity index is 297. The SMILES string of the molecule is C=CCOC(=O)C[C@@H](OC(C)=O)[C@H](CC)CC(C)C. The van der Waals surface area contributed by atoms with Crippen LogP contribution in [-0.4, -0.2) is 24.6 Å². The fourth-order valence-corrected chi connectivity index (χ4v) is 2.08. The van der Waals surface area contributed by atoms with Crippen molar-refractivity contribution < 1.29 is 19.1 Å². The van der Waals surface area contributed by atoms with Crippen molar-refractivity contribution in [3.63, 3.8) is 0 Å². The molecule has 0 saturated carbocycles. The van der Waals surface area contributed by atoms with E-state index in [1.54, 1.807) is 0 Å². The third-order valence-electron chi connectivity index (χ3n) is 2.87. The molecule has 0 unspecified atom stereocenters. The molecule has 0 rings (SSSR count). The van der Waals surface area contributed by atoms with E-state index in [0.717, 1.165) is 12.8 Å². The molecule has 0 aromatic carbocycles. The van der Waals surface area contributed by atoms with Gasteiger partial charge in [0.2, 0.25) is 0 Å². The fraction of sp³-hybridized carbons (Fsp3) is 0.733. The molecule has 110 valence electrons. The quantitative estimate of drug-likeness (QED) is 0.477. The first-order valence-corrected chi connectivity index (χ1v) is 6.84. The summed E-state index contributed by atoms with van der Waals surface area (Å²) in [6.45, 7) is 11.3. The molecular weight excluding hydrogens is 244 g/mol. The summed E-state index contributed by atoms with van der Waals surface area (Å²) in [7, 11) is 0. The molecule has 0 heterocycles. The summed E-state index contributed by atoms with van der Waals surface area (Å²) < 4.78 is 10.2. The van der Waals surface area contributed by atoms with E-state index in [9.17, 15) is 9.59 Å². The van der Waals surface area contributed by atoms with Gasteiger partial charge in [-0.2, -0.15) is 0 Å². The van der Waals surface area contributed by atoms with E-state index < -0.39 is 6.10 Å². The van der Waals surface area contributed by atoms with E-state index in [-0.39, 0.29) is 30.9 Å². The molecule has 0 aliphatic carbocycles. The Balaban J connectivity index is 4.62. The Morgan fingerprint density at radius 3 is 2.37 bits per heavy atom. The Hall–Kier alpha value is -1.32. The number of hydrogen-bond donors (Lipinski definition) is 0. The summed E-state index contributed by atoms with van der Waals surface area (Å²) in [6, 6.07) is 0. The molecule has 0 aliphatic heterocycles. The predicted octanol–water partition coefficient (Wildman–Crippen LogP) is 3.11. The molecule has 0 bridgehead atoms. The highest BCUT2D eigenvalue weighted by Crippen LogP contribution is 2.24. The van der Waals surface area contributed by atoms with Crippen molar-refractivity contribution in [1.29, 1.82) is 0 Å². The van der Waals surface area contributed by atoms with Crippen LogP contribution < -0.4 is 0 Å². The molecule has 0 N–H and O–H groups in total. The molecule has 0 saturated heterocycles. The summed E-state index contributed by atoms with van der Waals surface area (Å²) in [5, 5.41) is 0. The van der Waals surface area contributed by atoms with Crippen molar-refractivity contribution in [2.45, 2.75) is 53.1 Å². The van der Waals surface area contributed by atoms with Gasteiger partial charge in [0, 0.05) is 6.92 Å². The zero-order valence-corrected chi connectivity index (χ0v) is 12.5. The number of rotatable bonds is 9. The first-order valence-electron chi connectivity index (χ1n) is 6.84. The number of ether oxygens (including phenoxy) is 2. The van der Waals surface area contributed by atoms with E-state index in [1.165, 1.54) is 13.0 Å². The maximum absolute atomic E-state index is 11.6. The third-order valence-corrected chi connectivity index (χ3v) is 2.87. The van der Waals surface area contributed by atoms with Crippen LogP contribution in [0.3, 0.4) is 0 Å². The maximum atomic E-state index is 11.6. The van der Waals surface area contributed by atoms with Gasteiger partial charge in [0.05, 0.1) is 6.42 Å². The van der Waals surface area contributed by atoms with Crippen molar-refractivity contribution in [3.05, 3.63) is 12.7 Å². The van der Waals surface area contributed by atoms with Gasteiger partial charge in [-0.3, -0.25) is 9.59 Å². The second kappa shape index (κ2) is 9.59. The van der Waals surface area contributed by atoms with Crippen molar-refractivity contribution in [2.75, 3.05) is 6.61 Å². The van der Waals surface area contributed by atoms with Gasteiger partial charge in [0.15, 0.2) is 0 Å². The molecule has 2 atom stereocenters. The van der Waals surface area contributed by atoms with Crippen molar-refractivity contribution in [2.24, 2.45) is 11.8 Å². The average molecular weight is 270 g/mol. The minimum Gasteiger partial charge on any atom is -0.462 e. The standard InChI is InChI=1S/C15H26O4/c1-6-8-18-15(17)10-14(19-12(5)16)13(7-2)9-11(3)4/h6,11,13-14H,1,7-10H2,2-5H3/t13-,14-/m1/s1. The van der Waals surface area contributed by atoms with E-state index >= 15 is 0 Å². The summed E-state index contributed by atoms with van der Waals surface area (Å²) in [4.78, 5) is 22.8. The molecule has 4 heteroatoms. The van der Waals surface area contributed by atoms with Crippen LogP contribution in [0.25, 0.3) is 0 Å². The first-order chi connectivity index (χ1) is 8.90. The Morgan fingerprint density at radius 2 is 1.95 bits per heavy atom. The van der Waals surface area contributed by atoms with Crippen LogP contribution in [0.5, 0.6) is 0 Å². The van der Waals surface area contributed by atoms with E-state index in [2.05, 4.69) is 20.4 Å². The minimum absolute atomic E-state index is 0.110.